The second-order valence-corrected chi connectivity index (χ2v) is 6.37. The van der Waals surface area contributed by atoms with Gasteiger partial charge in [-0.05, 0) is 38.8 Å². The number of aryl methyl sites for hydroxylation is 1. The molecule has 1 heterocycles. The summed E-state index contributed by atoms with van der Waals surface area (Å²) in [5, 5.41) is 3.13. The number of carbonyl (C=O) groups is 2. The summed E-state index contributed by atoms with van der Waals surface area (Å²) in [6.07, 6.45) is 1.77. The fourth-order valence-corrected chi connectivity index (χ4v) is 2.87. The van der Waals surface area contributed by atoms with Crippen LogP contribution in [-0.4, -0.2) is 46.4 Å². The van der Waals surface area contributed by atoms with E-state index in [-0.39, 0.29) is 5.91 Å². The standard InChI is InChI=1S/C21H28N4O3/c1-5-12-25(13-6-2)20(26)18-14-19(23-15(4)22-18)24-17-11-9-8-10-16(17)21(27)28-7-3/h8-11,14H,5-7,12-13H2,1-4H3,(H,22,23,24). The molecule has 0 bridgehead atoms. The lowest BCUT2D eigenvalue weighted by atomic mass is 10.1. The topological polar surface area (TPSA) is 84.4 Å². The lowest BCUT2D eigenvalue weighted by molar-refractivity contribution is 0.0527. The molecule has 1 amide bonds. The normalized spacial score (nSPS) is 10.4. The van der Waals surface area contributed by atoms with Crippen molar-refractivity contribution in [3.05, 3.63) is 47.4 Å². The molecule has 7 heteroatoms. The fourth-order valence-electron chi connectivity index (χ4n) is 2.87. The lowest BCUT2D eigenvalue weighted by Gasteiger charge is -2.21. The highest BCUT2D eigenvalue weighted by molar-refractivity contribution is 5.97. The van der Waals surface area contributed by atoms with Crippen molar-refractivity contribution < 1.29 is 14.3 Å². The van der Waals surface area contributed by atoms with Crippen molar-refractivity contribution in [3.8, 4) is 0 Å². The van der Waals surface area contributed by atoms with Crippen LogP contribution in [-0.2, 0) is 4.74 Å². The van der Waals surface area contributed by atoms with Gasteiger partial charge in [-0.1, -0.05) is 26.0 Å². The van der Waals surface area contributed by atoms with Crippen molar-refractivity contribution in [2.75, 3.05) is 25.0 Å². The van der Waals surface area contributed by atoms with Crippen LogP contribution in [0.4, 0.5) is 11.5 Å². The second kappa shape index (κ2) is 10.4. The van der Waals surface area contributed by atoms with Crippen molar-refractivity contribution in [3.63, 3.8) is 0 Å². The highest BCUT2D eigenvalue weighted by atomic mass is 16.5. The SMILES string of the molecule is CCCN(CCC)C(=O)c1cc(Nc2ccccc2C(=O)OCC)nc(C)n1. The first kappa shape index (κ1) is 21.3. The number of aromatic nitrogens is 2. The van der Waals surface area contributed by atoms with E-state index in [1.807, 2.05) is 19.9 Å². The predicted molar refractivity (Wildman–Crippen MR) is 109 cm³/mol. The first-order valence-corrected chi connectivity index (χ1v) is 9.68. The molecule has 0 atom stereocenters. The Balaban J connectivity index is 2.32. The van der Waals surface area contributed by atoms with Crippen LogP contribution in [0.1, 0.15) is 60.3 Å². The highest BCUT2D eigenvalue weighted by Gasteiger charge is 2.18. The molecule has 0 spiro atoms. The van der Waals surface area contributed by atoms with Gasteiger partial charge in [0.2, 0.25) is 0 Å². The Morgan fingerprint density at radius 1 is 1.07 bits per heavy atom. The average molecular weight is 384 g/mol. The van der Waals surface area contributed by atoms with E-state index < -0.39 is 5.97 Å². The van der Waals surface area contributed by atoms with Crippen molar-refractivity contribution in [2.24, 2.45) is 0 Å². The van der Waals surface area contributed by atoms with Gasteiger partial charge >= 0.3 is 5.97 Å². The number of nitrogens with one attached hydrogen (secondary N) is 1. The number of anilines is 2. The molecule has 1 aromatic carbocycles. The number of esters is 1. The summed E-state index contributed by atoms with van der Waals surface area (Å²) in [6, 6.07) is 8.66. The molecule has 1 aromatic heterocycles. The first-order valence-electron chi connectivity index (χ1n) is 9.68. The Kier molecular flexibility index (Phi) is 7.92. The molecule has 0 aliphatic heterocycles. The van der Waals surface area contributed by atoms with Crippen LogP contribution in [0.2, 0.25) is 0 Å². The number of para-hydroxylation sites is 1. The maximum absolute atomic E-state index is 12.9. The molecule has 0 radical (unpaired) electrons. The van der Waals surface area contributed by atoms with Gasteiger partial charge in [0.15, 0.2) is 0 Å². The monoisotopic (exact) mass is 384 g/mol. The van der Waals surface area contributed by atoms with Crippen molar-refractivity contribution in [1.29, 1.82) is 0 Å². The molecule has 2 aromatic rings. The molecule has 7 nitrogen and oxygen atoms in total. The zero-order valence-corrected chi connectivity index (χ0v) is 17.0. The molecule has 0 fully saturated rings. The molecule has 2 rings (SSSR count). The number of hydrogen-bond donors (Lipinski definition) is 1. The molecule has 0 saturated heterocycles. The Hall–Kier alpha value is -2.96. The molecular formula is C21H28N4O3. The van der Waals surface area contributed by atoms with E-state index in [2.05, 4.69) is 15.3 Å². The van der Waals surface area contributed by atoms with Crippen LogP contribution in [0, 0.1) is 6.92 Å². The number of hydrogen-bond acceptors (Lipinski definition) is 6. The van der Waals surface area contributed by atoms with Crippen molar-refractivity contribution in [2.45, 2.75) is 40.5 Å². The van der Waals surface area contributed by atoms with E-state index in [9.17, 15) is 9.59 Å². The second-order valence-electron chi connectivity index (χ2n) is 6.37. The Bertz CT molecular complexity index is 817. The largest absolute Gasteiger partial charge is 0.462 e. The first-order chi connectivity index (χ1) is 13.5. The van der Waals surface area contributed by atoms with Gasteiger partial charge in [0, 0.05) is 19.2 Å². The quantitative estimate of drug-likeness (QED) is 0.659. The number of rotatable bonds is 9. The summed E-state index contributed by atoms with van der Waals surface area (Å²) in [7, 11) is 0. The summed E-state index contributed by atoms with van der Waals surface area (Å²) in [6.45, 7) is 9.25. The zero-order valence-electron chi connectivity index (χ0n) is 17.0. The van der Waals surface area contributed by atoms with Gasteiger partial charge in [0.25, 0.3) is 5.91 Å². The third-order valence-electron chi connectivity index (χ3n) is 4.02. The van der Waals surface area contributed by atoms with Crippen LogP contribution in [0.5, 0.6) is 0 Å². The number of carbonyl (C=O) groups excluding carboxylic acids is 2. The zero-order chi connectivity index (χ0) is 20.5. The third kappa shape index (κ3) is 5.52. The molecule has 150 valence electrons. The van der Waals surface area contributed by atoms with E-state index >= 15 is 0 Å². The molecule has 28 heavy (non-hydrogen) atoms. The number of benzene rings is 1. The maximum atomic E-state index is 12.9. The number of ether oxygens (including phenoxy) is 1. The predicted octanol–water partition coefficient (Wildman–Crippen LogP) is 3.97. The van der Waals surface area contributed by atoms with Gasteiger partial charge in [0.05, 0.1) is 17.9 Å². The summed E-state index contributed by atoms with van der Waals surface area (Å²) in [5.41, 5.74) is 1.31. The minimum atomic E-state index is -0.412. The fraction of sp³-hybridized carbons (Fsp3) is 0.429. The molecule has 1 N–H and O–H groups in total. The smallest absolute Gasteiger partial charge is 0.340 e. The van der Waals surface area contributed by atoms with Gasteiger partial charge in [-0.15, -0.1) is 0 Å². The Labute approximate surface area is 166 Å². The van der Waals surface area contributed by atoms with Gasteiger partial charge in [-0.2, -0.15) is 0 Å². The number of amides is 1. The van der Waals surface area contributed by atoms with Gasteiger partial charge in [-0.25, -0.2) is 14.8 Å². The summed E-state index contributed by atoms with van der Waals surface area (Å²) in [5.74, 6) is 0.413. The van der Waals surface area contributed by atoms with Crippen LogP contribution < -0.4 is 5.32 Å². The lowest BCUT2D eigenvalue weighted by Crippen LogP contribution is -2.33. The maximum Gasteiger partial charge on any atom is 0.340 e. The van der Waals surface area contributed by atoms with Crippen molar-refractivity contribution in [1.82, 2.24) is 14.9 Å². The third-order valence-corrected chi connectivity index (χ3v) is 4.02. The van der Waals surface area contributed by atoms with Crippen LogP contribution in [0.3, 0.4) is 0 Å². The Morgan fingerprint density at radius 2 is 1.75 bits per heavy atom. The minimum Gasteiger partial charge on any atom is -0.462 e. The van der Waals surface area contributed by atoms with E-state index in [1.54, 1.807) is 43.0 Å². The molecular weight excluding hydrogens is 356 g/mol. The van der Waals surface area contributed by atoms with Crippen LogP contribution in [0.15, 0.2) is 30.3 Å². The van der Waals surface area contributed by atoms with Gasteiger partial charge < -0.3 is 15.0 Å². The summed E-state index contributed by atoms with van der Waals surface area (Å²) in [4.78, 5) is 35.5. The summed E-state index contributed by atoms with van der Waals surface area (Å²) >= 11 is 0. The minimum absolute atomic E-state index is 0.115. The van der Waals surface area contributed by atoms with E-state index in [1.165, 1.54) is 0 Å². The summed E-state index contributed by atoms with van der Waals surface area (Å²) < 4.78 is 5.10. The highest BCUT2D eigenvalue weighted by Crippen LogP contribution is 2.21. The van der Waals surface area contributed by atoms with E-state index in [0.717, 1.165) is 12.8 Å². The van der Waals surface area contributed by atoms with Crippen molar-refractivity contribution >= 4 is 23.4 Å². The molecule has 0 unspecified atom stereocenters. The van der Waals surface area contributed by atoms with E-state index in [4.69, 9.17) is 4.74 Å². The average Bonchev–Trinajstić information content (AvgIpc) is 2.67. The van der Waals surface area contributed by atoms with Crippen LogP contribution in [0.25, 0.3) is 0 Å². The molecule has 0 aliphatic rings. The van der Waals surface area contributed by atoms with Gasteiger partial charge in [0.1, 0.15) is 17.3 Å². The van der Waals surface area contributed by atoms with Gasteiger partial charge in [-0.3, -0.25) is 4.79 Å². The van der Waals surface area contributed by atoms with Crippen LogP contribution >= 0.6 is 0 Å². The molecule has 0 saturated carbocycles. The van der Waals surface area contributed by atoms with E-state index in [0.29, 0.717) is 48.3 Å². The number of nitrogens with zero attached hydrogens (tertiary/aromatic N) is 3. The molecule has 0 aliphatic carbocycles. The Morgan fingerprint density at radius 3 is 2.39 bits per heavy atom.